The van der Waals surface area contributed by atoms with Gasteiger partial charge in [0.1, 0.15) is 0 Å². The van der Waals surface area contributed by atoms with Gasteiger partial charge in [-0.15, -0.1) is 0 Å². The van der Waals surface area contributed by atoms with Gasteiger partial charge < -0.3 is 24.8 Å². The van der Waals surface area contributed by atoms with Crippen LogP contribution in [0.15, 0.2) is 0 Å². The van der Waals surface area contributed by atoms with Crippen LogP contribution in [-0.2, 0) is 9.47 Å². The highest BCUT2D eigenvalue weighted by Gasteiger charge is 2.38. The molecule has 0 aliphatic rings. The Morgan fingerprint density at radius 1 is 0.567 bits per heavy atom. The molecule has 0 saturated heterocycles. The Bertz CT molecular complexity index is 314. The molecular formula is C25H52O5. The molecule has 0 fully saturated rings. The summed E-state index contributed by atoms with van der Waals surface area (Å²) in [5.41, 5.74) is 0. The van der Waals surface area contributed by atoms with Gasteiger partial charge in [0.25, 0.3) is 0 Å². The molecule has 0 radical (unpaired) electrons. The minimum Gasteiger partial charge on any atom is -0.393 e. The molecule has 0 aliphatic carbocycles. The Labute approximate surface area is 186 Å². The fourth-order valence-electron chi connectivity index (χ4n) is 3.61. The number of aliphatic hydroxyl groups excluding tert-OH is 2. The first kappa shape index (κ1) is 29.8. The lowest BCUT2D eigenvalue weighted by molar-refractivity contribution is -0.398. The molecule has 0 aromatic rings. The summed E-state index contributed by atoms with van der Waals surface area (Å²) >= 11 is 0. The van der Waals surface area contributed by atoms with E-state index in [0.29, 0.717) is 13.2 Å². The molecule has 1 atom stereocenters. The first-order valence-electron chi connectivity index (χ1n) is 12.9. The van der Waals surface area contributed by atoms with E-state index in [1.54, 1.807) is 0 Å². The van der Waals surface area contributed by atoms with E-state index in [2.05, 4.69) is 13.8 Å². The summed E-state index contributed by atoms with van der Waals surface area (Å²) in [6.07, 6.45) is 20.2. The van der Waals surface area contributed by atoms with Crippen molar-refractivity contribution in [3.05, 3.63) is 0 Å². The fourth-order valence-corrected chi connectivity index (χ4v) is 3.61. The van der Waals surface area contributed by atoms with E-state index < -0.39 is 18.7 Å². The molecule has 0 amide bonds. The van der Waals surface area contributed by atoms with Gasteiger partial charge in [-0.3, -0.25) is 0 Å². The second-order valence-corrected chi connectivity index (χ2v) is 8.68. The minimum absolute atomic E-state index is 0.321. The van der Waals surface area contributed by atoms with Crippen LogP contribution in [-0.4, -0.2) is 47.2 Å². The van der Waals surface area contributed by atoms with Crippen molar-refractivity contribution in [1.29, 1.82) is 0 Å². The maximum atomic E-state index is 10.5. The smallest absolute Gasteiger partial charge is 0.310 e. The van der Waals surface area contributed by atoms with Gasteiger partial charge in [0.2, 0.25) is 0 Å². The van der Waals surface area contributed by atoms with Crippen LogP contribution in [0, 0.1) is 0 Å². The van der Waals surface area contributed by atoms with E-state index in [0.717, 1.165) is 38.5 Å². The van der Waals surface area contributed by atoms with Gasteiger partial charge in [0, 0.05) is 0 Å². The Balaban J connectivity index is 3.78. The van der Waals surface area contributed by atoms with Crippen molar-refractivity contribution in [3.8, 4) is 0 Å². The molecule has 0 saturated carbocycles. The third-order valence-electron chi connectivity index (χ3n) is 5.71. The number of hydrogen-bond donors (Lipinski definition) is 3. The average Bonchev–Trinajstić information content (AvgIpc) is 2.75. The average molecular weight is 433 g/mol. The van der Waals surface area contributed by atoms with Crippen molar-refractivity contribution < 1.29 is 24.8 Å². The van der Waals surface area contributed by atoms with E-state index in [4.69, 9.17) is 9.47 Å². The van der Waals surface area contributed by atoms with E-state index in [1.165, 1.54) is 77.0 Å². The van der Waals surface area contributed by atoms with E-state index in [-0.39, 0.29) is 0 Å². The quantitative estimate of drug-likeness (QED) is 0.127. The Hall–Kier alpha value is -0.200. The predicted octanol–water partition coefficient (Wildman–Crippen LogP) is 6.08. The highest BCUT2D eigenvalue weighted by molar-refractivity contribution is 4.67. The topological polar surface area (TPSA) is 79.2 Å². The number of unbranched alkanes of at least 4 members (excludes halogenated alkanes) is 16. The molecule has 0 bridgehead atoms. The summed E-state index contributed by atoms with van der Waals surface area (Å²) in [7, 11) is 0. The number of hydrogen-bond acceptors (Lipinski definition) is 5. The summed E-state index contributed by atoms with van der Waals surface area (Å²) in [5, 5.41) is 29.6. The molecule has 0 aromatic heterocycles. The molecule has 182 valence electrons. The van der Waals surface area contributed by atoms with Gasteiger partial charge in [-0.1, -0.05) is 117 Å². The Morgan fingerprint density at radius 2 is 0.867 bits per heavy atom. The fraction of sp³-hybridized carbons (Fsp3) is 1.00. The number of rotatable bonds is 24. The maximum Gasteiger partial charge on any atom is 0.310 e. The van der Waals surface area contributed by atoms with Crippen LogP contribution in [0.3, 0.4) is 0 Å². The number of aliphatic hydroxyl groups is 3. The second-order valence-electron chi connectivity index (χ2n) is 8.68. The van der Waals surface area contributed by atoms with Gasteiger partial charge >= 0.3 is 5.97 Å². The van der Waals surface area contributed by atoms with Crippen LogP contribution in [0.25, 0.3) is 0 Å². The lowest BCUT2D eigenvalue weighted by Gasteiger charge is -2.31. The highest BCUT2D eigenvalue weighted by Crippen LogP contribution is 2.18. The molecule has 1 unspecified atom stereocenters. The Morgan fingerprint density at radius 3 is 1.17 bits per heavy atom. The van der Waals surface area contributed by atoms with Gasteiger partial charge in [0.15, 0.2) is 6.10 Å². The van der Waals surface area contributed by atoms with Crippen molar-refractivity contribution in [2.45, 2.75) is 141 Å². The molecule has 30 heavy (non-hydrogen) atoms. The van der Waals surface area contributed by atoms with Crippen LogP contribution in [0.4, 0.5) is 0 Å². The lowest BCUT2D eigenvalue weighted by Crippen LogP contribution is -2.49. The van der Waals surface area contributed by atoms with Gasteiger partial charge in [0.05, 0.1) is 19.8 Å². The molecule has 0 rings (SSSR count). The van der Waals surface area contributed by atoms with E-state index in [9.17, 15) is 15.3 Å². The van der Waals surface area contributed by atoms with Gasteiger partial charge in [-0.05, 0) is 12.8 Å². The molecule has 0 spiro atoms. The van der Waals surface area contributed by atoms with Crippen LogP contribution in [0.2, 0.25) is 0 Å². The molecule has 5 nitrogen and oxygen atoms in total. The summed E-state index contributed by atoms with van der Waals surface area (Å²) in [5.74, 6) is -2.10. The number of ether oxygens (including phenoxy) is 2. The Kier molecular flexibility index (Phi) is 21.9. The SMILES string of the molecule is CCCCCCCCCCCOC(O)(OCCCCCCCCCCC)C(O)CO. The molecule has 5 heteroatoms. The van der Waals surface area contributed by atoms with Crippen LogP contribution in [0.1, 0.15) is 129 Å². The summed E-state index contributed by atoms with van der Waals surface area (Å²) in [6, 6.07) is 0. The van der Waals surface area contributed by atoms with E-state index in [1.807, 2.05) is 0 Å². The first-order chi connectivity index (χ1) is 14.6. The molecule has 0 aliphatic heterocycles. The van der Waals surface area contributed by atoms with Gasteiger partial charge in [-0.2, -0.15) is 0 Å². The molecular weight excluding hydrogens is 380 g/mol. The monoisotopic (exact) mass is 432 g/mol. The normalized spacial score (nSPS) is 13.1. The summed E-state index contributed by atoms with van der Waals surface area (Å²) in [4.78, 5) is 0. The highest BCUT2D eigenvalue weighted by atomic mass is 16.8. The lowest BCUT2D eigenvalue weighted by atomic mass is 10.1. The third-order valence-corrected chi connectivity index (χ3v) is 5.71. The zero-order valence-electron chi connectivity index (χ0n) is 20.1. The molecule has 0 heterocycles. The first-order valence-corrected chi connectivity index (χ1v) is 12.9. The van der Waals surface area contributed by atoms with Crippen molar-refractivity contribution >= 4 is 0 Å². The van der Waals surface area contributed by atoms with Crippen LogP contribution in [0.5, 0.6) is 0 Å². The maximum absolute atomic E-state index is 10.5. The van der Waals surface area contributed by atoms with E-state index >= 15 is 0 Å². The van der Waals surface area contributed by atoms with Crippen molar-refractivity contribution in [1.82, 2.24) is 0 Å². The largest absolute Gasteiger partial charge is 0.393 e. The molecule has 0 aromatic carbocycles. The predicted molar refractivity (Wildman–Crippen MR) is 124 cm³/mol. The third kappa shape index (κ3) is 17.5. The van der Waals surface area contributed by atoms with Crippen molar-refractivity contribution in [2.75, 3.05) is 19.8 Å². The zero-order valence-corrected chi connectivity index (χ0v) is 20.1. The minimum atomic E-state index is -2.10. The van der Waals surface area contributed by atoms with Crippen LogP contribution >= 0.6 is 0 Å². The standard InChI is InChI=1S/C25H52O5/c1-3-5-7-9-11-13-15-17-19-21-29-25(28,24(27)23-26)30-22-20-18-16-14-12-10-8-6-4-2/h24,26-28H,3-23H2,1-2H3. The van der Waals surface area contributed by atoms with Crippen molar-refractivity contribution in [2.24, 2.45) is 0 Å². The van der Waals surface area contributed by atoms with Crippen molar-refractivity contribution in [3.63, 3.8) is 0 Å². The molecule has 3 N–H and O–H groups in total. The summed E-state index contributed by atoms with van der Waals surface area (Å²) in [6.45, 7) is 4.51. The summed E-state index contributed by atoms with van der Waals surface area (Å²) < 4.78 is 10.9. The van der Waals surface area contributed by atoms with Gasteiger partial charge in [-0.25, -0.2) is 0 Å². The second kappa shape index (κ2) is 22.0. The zero-order chi connectivity index (χ0) is 22.3. The van der Waals surface area contributed by atoms with Crippen LogP contribution < -0.4 is 0 Å².